The molecular formula is C12H24N2O3. The van der Waals surface area contributed by atoms with Gasteiger partial charge in [0.2, 0.25) is 5.91 Å². The zero-order valence-electron chi connectivity index (χ0n) is 10.8. The molecule has 17 heavy (non-hydrogen) atoms. The van der Waals surface area contributed by atoms with Crippen LogP contribution in [0.15, 0.2) is 0 Å². The zero-order chi connectivity index (χ0) is 12.7. The van der Waals surface area contributed by atoms with Crippen LogP contribution < -0.4 is 11.1 Å². The van der Waals surface area contributed by atoms with Gasteiger partial charge in [-0.05, 0) is 25.8 Å². The van der Waals surface area contributed by atoms with Crippen LogP contribution in [0.4, 0.5) is 0 Å². The molecule has 0 bridgehead atoms. The number of amides is 1. The molecule has 1 aliphatic carbocycles. The van der Waals surface area contributed by atoms with Gasteiger partial charge in [0.05, 0.1) is 6.10 Å². The average Bonchev–Trinajstić information content (AvgIpc) is 2.70. The van der Waals surface area contributed by atoms with Gasteiger partial charge in [-0.3, -0.25) is 4.79 Å². The maximum atomic E-state index is 11.5. The van der Waals surface area contributed by atoms with Gasteiger partial charge in [-0.15, -0.1) is 0 Å². The third-order valence-electron chi connectivity index (χ3n) is 3.30. The monoisotopic (exact) mass is 244 g/mol. The number of carbonyl (C=O) groups excluding carboxylic acids is 1. The van der Waals surface area contributed by atoms with Gasteiger partial charge < -0.3 is 20.5 Å². The highest BCUT2D eigenvalue weighted by Crippen LogP contribution is 2.31. The number of rotatable bonds is 8. The van der Waals surface area contributed by atoms with Crippen molar-refractivity contribution in [2.75, 3.05) is 26.9 Å². The molecule has 1 saturated carbocycles. The lowest BCUT2D eigenvalue weighted by atomic mass is 9.96. The molecule has 0 saturated heterocycles. The lowest BCUT2D eigenvalue weighted by Crippen LogP contribution is -2.53. The first-order valence-electron chi connectivity index (χ1n) is 6.30. The summed E-state index contributed by atoms with van der Waals surface area (Å²) in [5, 5.41) is 3.21. The minimum absolute atomic E-state index is 0.137. The number of ether oxygens (including phenoxy) is 2. The number of primary amides is 1. The Morgan fingerprint density at radius 3 is 2.88 bits per heavy atom. The molecule has 1 amide bonds. The Morgan fingerprint density at radius 1 is 1.53 bits per heavy atom. The SMILES string of the molecule is CCNC1(C(N)=O)CCC(OCCCOC)C1. The van der Waals surface area contributed by atoms with Crippen LogP contribution in [0.1, 0.15) is 32.6 Å². The molecular weight excluding hydrogens is 220 g/mol. The number of nitrogens with one attached hydrogen (secondary N) is 1. The maximum absolute atomic E-state index is 11.5. The molecule has 5 nitrogen and oxygen atoms in total. The first-order chi connectivity index (χ1) is 8.14. The van der Waals surface area contributed by atoms with Crippen molar-refractivity contribution >= 4 is 5.91 Å². The van der Waals surface area contributed by atoms with Gasteiger partial charge in [0, 0.05) is 26.7 Å². The van der Waals surface area contributed by atoms with E-state index in [9.17, 15) is 4.79 Å². The molecule has 2 atom stereocenters. The average molecular weight is 244 g/mol. The van der Waals surface area contributed by atoms with Crippen LogP contribution in [0, 0.1) is 0 Å². The minimum Gasteiger partial charge on any atom is -0.385 e. The fourth-order valence-electron chi connectivity index (χ4n) is 2.41. The van der Waals surface area contributed by atoms with E-state index < -0.39 is 5.54 Å². The summed E-state index contributed by atoms with van der Waals surface area (Å²) < 4.78 is 10.7. The van der Waals surface area contributed by atoms with E-state index in [-0.39, 0.29) is 12.0 Å². The van der Waals surface area contributed by atoms with Crippen molar-refractivity contribution in [3.63, 3.8) is 0 Å². The summed E-state index contributed by atoms with van der Waals surface area (Å²) in [5.74, 6) is -0.262. The van der Waals surface area contributed by atoms with Crippen molar-refractivity contribution in [1.82, 2.24) is 5.32 Å². The number of hydrogen-bond acceptors (Lipinski definition) is 4. The highest BCUT2D eigenvalue weighted by atomic mass is 16.5. The van der Waals surface area contributed by atoms with E-state index in [4.69, 9.17) is 15.2 Å². The number of carbonyl (C=O) groups is 1. The van der Waals surface area contributed by atoms with Crippen LogP contribution >= 0.6 is 0 Å². The molecule has 0 spiro atoms. The Morgan fingerprint density at radius 2 is 2.29 bits per heavy atom. The van der Waals surface area contributed by atoms with Gasteiger partial charge in [-0.2, -0.15) is 0 Å². The van der Waals surface area contributed by atoms with Crippen molar-refractivity contribution in [2.45, 2.75) is 44.2 Å². The largest absolute Gasteiger partial charge is 0.385 e. The zero-order valence-corrected chi connectivity index (χ0v) is 10.8. The molecule has 1 rings (SSSR count). The van der Waals surface area contributed by atoms with E-state index in [1.807, 2.05) is 6.92 Å². The van der Waals surface area contributed by atoms with Gasteiger partial charge in [0.25, 0.3) is 0 Å². The van der Waals surface area contributed by atoms with E-state index in [0.29, 0.717) is 19.6 Å². The van der Waals surface area contributed by atoms with Crippen LogP contribution in [0.3, 0.4) is 0 Å². The van der Waals surface area contributed by atoms with Crippen molar-refractivity contribution < 1.29 is 14.3 Å². The van der Waals surface area contributed by atoms with E-state index in [2.05, 4.69) is 5.32 Å². The Hall–Kier alpha value is -0.650. The fraction of sp³-hybridized carbons (Fsp3) is 0.917. The second-order valence-corrected chi connectivity index (χ2v) is 4.56. The molecule has 1 aliphatic rings. The molecule has 0 aromatic rings. The van der Waals surface area contributed by atoms with E-state index in [0.717, 1.165) is 25.8 Å². The van der Waals surface area contributed by atoms with Gasteiger partial charge in [0.15, 0.2) is 0 Å². The standard InChI is InChI=1S/C12H24N2O3/c1-3-14-12(11(13)15)6-5-10(9-12)17-8-4-7-16-2/h10,14H,3-9H2,1-2H3,(H2,13,15). The molecule has 0 radical (unpaired) electrons. The van der Waals surface area contributed by atoms with E-state index in [1.54, 1.807) is 7.11 Å². The van der Waals surface area contributed by atoms with Gasteiger partial charge in [-0.25, -0.2) is 0 Å². The predicted octanol–water partition coefficient (Wildman–Crippen LogP) is 0.426. The highest BCUT2D eigenvalue weighted by Gasteiger charge is 2.43. The molecule has 0 aromatic carbocycles. The van der Waals surface area contributed by atoms with Crippen molar-refractivity contribution in [3.8, 4) is 0 Å². The van der Waals surface area contributed by atoms with Crippen molar-refractivity contribution in [3.05, 3.63) is 0 Å². The summed E-state index contributed by atoms with van der Waals surface area (Å²) >= 11 is 0. The predicted molar refractivity (Wildman–Crippen MR) is 65.7 cm³/mol. The molecule has 3 N–H and O–H groups in total. The topological polar surface area (TPSA) is 73.6 Å². The Balaban J connectivity index is 2.35. The molecule has 100 valence electrons. The molecule has 2 unspecified atom stereocenters. The fourth-order valence-corrected chi connectivity index (χ4v) is 2.41. The van der Waals surface area contributed by atoms with Crippen molar-refractivity contribution in [1.29, 1.82) is 0 Å². The second-order valence-electron chi connectivity index (χ2n) is 4.56. The lowest BCUT2D eigenvalue weighted by Gasteiger charge is -2.26. The normalized spacial score (nSPS) is 28.5. The quantitative estimate of drug-likeness (QED) is 0.607. The van der Waals surface area contributed by atoms with Gasteiger partial charge in [0.1, 0.15) is 5.54 Å². The summed E-state index contributed by atoms with van der Waals surface area (Å²) in [6, 6.07) is 0. The maximum Gasteiger partial charge on any atom is 0.237 e. The third kappa shape index (κ3) is 3.94. The smallest absolute Gasteiger partial charge is 0.237 e. The summed E-state index contributed by atoms with van der Waals surface area (Å²) in [5.41, 5.74) is 4.93. The summed E-state index contributed by atoms with van der Waals surface area (Å²) in [7, 11) is 1.68. The van der Waals surface area contributed by atoms with Crippen molar-refractivity contribution in [2.24, 2.45) is 5.73 Å². The second kappa shape index (κ2) is 6.93. The number of hydrogen-bond donors (Lipinski definition) is 2. The van der Waals surface area contributed by atoms with Crippen LogP contribution in [0.2, 0.25) is 0 Å². The molecule has 0 aromatic heterocycles. The van der Waals surface area contributed by atoms with E-state index >= 15 is 0 Å². The molecule has 5 heteroatoms. The molecule has 0 heterocycles. The van der Waals surface area contributed by atoms with Crippen LogP contribution in [-0.2, 0) is 14.3 Å². The lowest BCUT2D eigenvalue weighted by molar-refractivity contribution is -0.124. The number of likely N-dealkylation sites (N-methyl/N-ethyl adjacent to an activating group) is 1. The van der Waals surface area contributed by atoms with Crippen LogP contribution in [0.25, 0.3) is 0 Å². The summed E-state index contributed by atoms with van der Waals surface area (Å²) in [6.45, 7) is 4.12. The van der Waals surface area contributed by atoms with Gasteiger partial charge in [-0.1, -0.05) is 6.92 Å². The third-order valence-corrected chi connectivity index (χ3v) is 3.30. The van der Waals surface area contributed by atoms with E-state index in [1.165, 1.54) is 0 Å². The Labute approximate surface area is 103 Å². The first kappa shape index (κ1) is 14.4. The van der Waals surface area contributed by atoms with Crippen LogP contribution in [0.5, 0.6) is 0 Å². The summed E-state index contributed by atoms with van der Waals surface area (Å²) in [6.07, 6.45) is 3.37. The minimum atomic E-state index is -0.555. The number of methoxy groups -OCH3 is 1. The molecule has 0 aliphatic heterocycles. The van der Waals surface area contributed by atoms with Gasteiger partial charge >= 0.3 is 0 Å². The first-order valence-corrected chi connectivity index (χ1v) is 6.30. The number of nitrogens with two attached hydrogens (primary N) is 1. The molecule has 1 fully saturated rings. The Bertz CT molecular complexity index is 248. The van der Waals surface area contributed by atoms with Crippen LogP contribution in [-0.4, -0.2) is 44.4 Å². The highest BCUT2D eigenvalue weighted by molar-refractivity contribution is 5.85. The Kier molecular flexibility index (Phi) is 5.88. The summed E-state index contributed by atoms with van der Waals surface area (Å²) in [4.78, 5) is 11.5.